The molecule has 0 radical (unpaired) electrons. The number of benzene rings is 1. The summed E-state index contributed by atoms with van der Waals surface area (Å²) in [6, 6.07) is 9.70. The second-order valence-electron chi connectivity index (χ2n) is 6.01. The first-order valence-electron chi connectivity index (χ1n) is 8.27. The molecular formula is C18H26N2O4S. The van der Waals surface area contributed by atoms with Crippen LogP contribution in [0.5, 0.6) is 0 Å². The van der Waals surface area contributed by atoms with Crippen LogP contribution in [-0.4, -0.2) is 66.8 Å². The van der Waals surface area contributed by atoms with Gasteiger partial charge in [-0.25, -0.2) is 0 Å². The number of hydrogen-bond donors (Lipinski definition) is 0. The van der Waals surface area contributed by atoms with Crippen molar-refractivity contribution in [2.45, 2.75) is 31.7 Å². The van der Waals surface area contributed by atoms with Gasteiger partial charge >= 0.3 is 0 Å². The van der Waals surface area contributed by atoms with Crippen molar-refractivity contribution >= 4 is 23.6 Å². The van der Waals surface area contributed by atoms with E-state index >= 15 is 0 Å². The first-order valence-corrected chi connectivity index (χ1v) is 9.43. The highest BCUT2D eigenvalue weighted by Gasteiger charge is 2.35. The van der Waals surface area contributed by atoms with Crippen molar-refractivity contribution < 1.29 is 19.1 Å². The Morgan fingerprint density at radius 1 is 1.24 bits per heavy atom. The quantitative estimate of drug-likeness (QED) is 0.658. The van der Waals surface area contributed by atoms with Crippen molar-refractivity contribution in [1.82, 2.24) is 9.80 Å². The summed E-state index contributed by atoms with van der Waals surface area (Å²) in [5, 5.41) is 0. The highest BCUT2D eigenvalue weighted by Crippen LogP contribution is 2.25. The van der Waals surface area contributed by atoms with Crippen LogP contribution in [0.15, 0.2) is 30.3 Å². The van der Waals surface area contributed by atoms with Gasteiger partial charge in [0.2, 0.25) is 11.8 Å². The lowest BCUT2D eigenvalue weighted by atomic mass is 10.2. The lowest BCUT2D eigenvalue weighted by molar-refractivity contribution is -0.156. The molecule has 2 rings (SSSR count). The van der Waals surface area contributed by atoms with Crippen LogP contribution in [0.25, 0.3) is 0 Å². The second kappa shape index (κ2) is 9.79. The molecule has 6 nitrogen and oxygen atoms in total. The van der Waals surface area contributed by atoms with Gasteiger partial charge in [-0.15, -0.1) is 11.8 Å². The maximum absolute atomic E-state index is 12.5. The molecule has 1 heterocycles. The van der Waals surface area contributed by atoms with E-state index in [1.807, 2.05) is 30.3 Å². The number of carbonyl (C=O) groups excluding carboxylic acids is 2. The summed E-state index contributed by atoms with van der Waals surface area (Å²) in [5.41, 5.74) is 1.07. The summed E-state index contributed by atoms with van der Waals surface area (Å²) >= 11 is 1.67. The van der Waals surface area contributed by atoms with E-state index < -0.39 is 6.29 Å². The van der Waals surface area contributed by atoms with Crippen LogP contribution in [-0.2, 0) is 25.6 Å². The second-order valence-corrected chi connectivity index (χ2v) is 7.01. The summed E-state index contributed by atoms with van der Waals surface area (Å²) < 4.78 is 10.6. The van der Waals surface area contributed by atoms with Crippen molar-refractivity contribution in [3.8, 4) is 0 Å². The zero-order valence-corrected chi connectivity index (χ0v) is 15.8. The normalized spacial score (nSPS) is 17.1. The van der Waals surface area contributed by atoms with Gasteiger partial charge in [-0.1, -0.05) is 30.3 Å². The van der Waals surface area contributed by atoms with Crippen molar-refractivity contribution in [2.75, 3.05) is 32.9 Å². The third-order valence-electron chi connectivity index (χ3n) is 4.26. The molecule has 0 saturated carbocycles. The maximum Gasteiger partial charge on any atom is 0.224 e. The molecule has 1 saturated heterocycles. The van der Waals surface area contributed by atoms with E-state index in [0.717, 1.165) is 11.3 Å². The van der Waals surface area contributed by atoms with E-state index in [4.69, 9.17) is 9.47 Å². The van der Waals surface area contributed by atoms with Crippen LogP contribution in [0.1, 0.15) is 18.4 Å². The molecular weight excluding hydrogens is 340 g/mol. The number of thioether (sulfide) groups is 1. The Morgan fingerprint density at radius 2 is 1.92 bits per heavy atom. The third-order valence-corrected chi connectivity index (χ3v) is 5.30. The first kappa shape index (κ1) is 19.8. The number of rotatable bonds is 8. The number of ether oxygens (including phenoxy) is 2. The molecule has 2 amide bonds. The highest BCUT2D eigenvalue weighted by atomic mass is 32.2. The van der Waals surface area contributed by atoms with Gasteiger partial charge in [0.05, 0.1) is 11.9 Å². The van der Waals surface area contributed by atoms with E-state index in [1.165, 1.54) is 0 Å². The Kier molecular flexibility index (Phi) is 7.74. The average Bonchev–Trinajstić information content (AvgIpc) is 3.11. The molecule has 0 aliphatic carbocycles. The van der Waals surface area contributed by atoms with Crippen LogP contribution in [0.3, 0.4) is 0 Å². The lowest BCUT2D eigenvalue weighted by Gasteiger charge is -2.29. The van der Waals surface area contributed by atoms with E-state index in [2.05, 4.69) is 0 Å². The molecule has 7 heteroatoms. The fourth-order valence-corrected chi connectivity index (χ4v) is 4.06. The molecule has 1 aromatic carbocycles. The zero-order valence-electron chi connectivity index (χ0n) is 15.0. The smallest absolute Gasteiger partial charge is 0.224 e. The molecule has 0 unspecified atom stereocenters. The average molecular weight is 366 g/mol. The molecule has 0 spiro atoms. The van der Waals surface area contributed by atoms with E-state index in [1.54, 1.807) is 42.8 Å². The number of nitrogens with zero attached hydrogens (tertiary/aromatic N) is 2. The highest BCUT2D eigenvalue weighted by molar-refractivity contribution is 7.99. The van der Waals surface area contributed by atoms with Gasteiger partial charge in [-0.3, -0.25) is 9.59 Å². The predicted octanol–water partition coefficient (Wildman–Crippen LogP) is 1.95. The molecule has 25 heavy (non-hydrogen) atoms. The largest absolute Gasteiger partial charge is 0.354 e. The van der Waals surface area contributed by atoms with Crippen molar-refractivity contribution in [2.24, 2.45) is 0 Å². The Bertz CT molecular complexity index is 565. The van der Waals surface area contributed by atoms with Crippen LogP contribution >= 0.6 is 11.8 Å². The molecule has 0 bridgehead atoms. The Balaban J connectivity index is 1.83. The summed E-state index contributed by atoms with van der Waals surface area (Å²) in [6.07, 6.45) is -0.0223. The molecule has 0 aromatic heterocycles. The monoisotopic (exact) mass is 366 g/mol. The number of amides is 2. The van der Waals surface area contributed by atoms with Crippen LogP contribution in [0, 0.1) is 0 Å². The van der Waals surface area contributed by atoms with Gasteiger partial charge in [-0.05, 0) is 5.56 Å². The van der Waals surface area contributed by atoms with E-state index in [9.17, 15) is 9.59 Å². The summed E-state index contributed by atoms with van der Waals surface area (Å²) in [5.74, 6) is 1.33. The molecule has 1 aromatic rings. The molecule has 1 fully saturated rings. The van der Waals surface area contributed by atoms with Crippen molar-refractivity contribution in [3.05, 3.63) is 35.9 Å². The predicted molar refractivity (Wildman–Crippen MR) is 97.9 cm³/mol. The molecule has 1 atom stereocenters. The molecule has 138 valence electrons. The standard InChI is InChI=1S/C18H26N2O4S/c1-19(11-14-7-5-4-6-8-14)16(21)9-10-17(22)20-13-25-12-15(20)18(23-2)24-3/h4-8,15,18H,9-13H2,1-3H3/t15-/m0/s1. The third kappa shape index (κ3) is 5.45. The van der Waals surface area contributed by atoms with Gasteiger partial charge < -0.3 is 19.3 Å². The van der Waals surface area contributed by atoms with Crippen LogP contribution in [0.4, 0.5) is 0 Å². The minimum atomic E-state index is -0.435. The van der Waals surface area contributed by atoms with Gasteiger partial charge in [0.1, 0.15) is 0 Å². The van der Waals surface area contributed by atoms with Crippen LogP contribution < -0.4 is 0 Å². The number of methoxy groups -OCH3 is 2. The Morgan fingerprint density at radius 3 is 2.56 bits per heavy atom. The Labute approximate surface area is 153 Å². The number of carbonyl (C=O) groups is 2. The first-order chi connectivity index (χ1) is 12.1. The van der Waals surface area contributed by atoms with Crippen molar-refractivity contribution in [1.29, 1.82) is 0 Å². The zero-order chi connectivity index (χ0) is 18.2. The fourth-order valence-electron chi connectivity index (χ4n) is 2.84. The molecule has 1 aliphatic rings. The van der Waals surface area contributed by atoms with Gasteiger partial charge in [-0.2, -0.15) is 0 Å². The van der Waals surface area contributed by atoms with E-state index in [0.29, 0.717) is 12.4 Å². The van der Waals surface area contributed by atoms with Crippen LogP contribution in [0.2, 0.25) is 0 Å². The number of hydrogen-bond acceptors (Lipinski definition) is 5. The minimum absolute atomic E-state index is 0.0318. The fraction of sp³-hybridized carbons (Fsp3) is 0.556. The SMILES string of the molecule is COC(OC)[C@@H]1CSCN1C(=O)CCC(=O)N(C)Cc1ccccc1. The molecule has 0 N–H and O–H groups in total. The molecule has 1 aliphatic heterocycles. The Hall–Kier alpha value is -1.57. The topological polar surface area (TPSA) is 59.1 Å². The van der Waals surface area contributed by atoms with Gasteiger partial charge in [0.25, 0.3) is 0 Å². The van der Waals surface area contributed by atoms with Gasteiger partial charge in [0, 0.05) is 46.4 Å². The summed E-state index contributed by atoms with van der Waals surface area (Å²) in [4.78, 5) is 28.2. The minimum Gasteiger partial charge on any atom is -0.354 e. The van der Waals surface area contributed by atoms with Gasteiger partial charge in [0.15, 0.2) is 6.29 Å². The maximum atomic E-state index is 12.5. The van der Waals surface area contributed by atoms with E-state index in [-0.39, 0.29) is 30.7 Å². The summed E-state index contributed by atoms with van der Waals surface area (Å²) in [7, 11) is 4.91. The lowest BCUT2D eigenvalue weighted by Crippen LogP contribution is -2.46. The summed E-state index contributed by atoms with van der Waals surface area (Å²) in [6.45, 7) is 0.547. The van der Waals surface area contributed by atoms with Crippen molar-refractivity contribution in [3.63, 3.8) is 0 Å².